The molecule has 5 aromatic rings. The highest BCUT2D eigenvalue weighted by Crippen LogP contribution is 2.45. The molecule has 0 saturated heterocycles. The summed E-state index contributed by atoms with van der Waals surface area (Å²) in [7, 11) is 0. The maximum Gasteiger partial charge on any atom is 0.140 e. The van der Waals surface area contributed by atoms with Gasteiger partial charge in [-0.1, -0.05) is 105 Å². The maximum atomic E-state index is 6.34. The molecule has 0 aliphatic rings. The van der Waals surface area contributed by atoms with E-state index in [9.17, 15) is 0 Å². The van der Waals surface area contributed by atoms with Crippen molar-refractivity contribution in [3.05, 3.63) is 96.1 Å². The Bertz CT molecular complexity index is 2060. The van der Waals surface area contributed by atoms with Crippen molar-refractivity contribution in [2.45, 2.75) is 59.3 Å². The lowest BCUT2D eigenvalue weighted by molar-refractivity contribution is 0.305. The van der Waals surface area contributed by atoms with Crippen molar-refractivity contribution >= 4 is 21.5 Å². The molecule has 0 aliphatic heterocycles. The minimum Gasteiger partial charge on any atom is -0.494 e. The number of fused-ring (bicyclic) bond motifs is 2. The Morgan fingerprint density at radius 2 is 1.07 bits per heavy atom. The average molecular weight is 599 g/mol. The molecule has 2 heteroatoms. The third-order valence-corrected chi connectivity index (χ3v) is 8.05. The van der Waals surface area contributed by atoms with Crippen molar-refractivity contribution in [2.75, 3.05) is 6.61 Å². The van der Waals surface area contributed by atoms with Crippen LogP contribution in [0.3, 0.4) is 0 Å². The molecule has 5 rings (SSSR count). The molecule has 0 N–H and O–H groups in total. The first-order chi connectivity index (χ1) is 22.6. The fraction of sp³-hybridized carbons (Fsp3) is 0.227. The van der Waals surface area contributed by atoms with Crippen LogP contribution < -0.4 is 9.47 Å². The van der Waals surface area contributed by atoms with E-state index in [1.807, 2.05) is 6.07 Å². The molecule has 226 valence electrons. The average Bonchev–Trinajstić information content (AvgIpc) is 3.07. The van der Waals surface area contributed by atoms with Gasteiger partial charge in [0, 0.05) is 17.8 Å². The number of hydrogen-bond donors (Lipinski definition) is 0. The molecule has 0 aliphatic carbocycles. The van der Waals surface area contributed by atoms with E-state index in [2.05, 4.69) is 141 Å². The zero-order chi connectivity index (χ0) is 32.1. The Kier molecular flexibility index (Phi) is 11.1. The van der Waals surface area contributed by atoms with Gasteiger partial charge in [-0.3, -0.25) is 0 Å². The van der Waals surface area contributed by atoms with Crippen LogP contribution in [0, 0.1) is 61.9 Å². The van der Waals surface area contributed by atoms with Crippen LogP contribution in [-0.2, 0) is 0 Å². The van der Waals surface area contributed by atoms with Crippen molar-refractivity contribution < 1.29 is 9.47 Å². The summed E-state index contributed by atoms with van der Waals surface area (Å²) >= 11 is 0. The zero-order valence-electron chi connectivity index (χ0n) is 26.9. The van der Waals surface area contributed by atoms with Crippen molar-refractivity contribution in [2.24, 2.45) is 0 Å². The normalized spacial score (nSPS) is 10.1. The molecule has 5 aromatic carbocycles. The van der Waals surface area contributed by atoms with Crippen LogP contribution in [-0.4, -0.2) is 6.61 Å². The molecule has 0 radical (unpaired) electrons. The molecule has 0 atom stereocenters. The Morgan fingerprint density at radius 3 is 1.67 bits per heavy atom. The van der Waals surface area contributed by atoms with Crippen LogP contribution in [0.2, 0.25) is 0 Å². The zero-order valence-corrected chi connectivity index (χ0v) is 26.9. The molecule has 0 heterocycles. The van der Waals surface area contributed by atoms with Crippen LogP contribution in [0.5, 0.6) is 11.5 Å². The van der Waals surface area contributed by atoms with Gasteiger partial charge in [0.15, 0.2) is 0 Å². The predicted octanol–water partition coefficient (Wildman–Crippen LogP) is 10.7. The highest BCUT2D eigenvalue weighted by molar-refractivity contribution is 6.21. The van der Waals surface area contributed by atoms with Crippen molar-refractivity contribution in [1.29, 1.82) is 0 Å². The molecule has 0 saturated carbocycles. The predicted molar refractivity (Wildman–Crippen MR) is 193 cm³/mol. The lowest BCUT2D eigenvalue weighted by Crippen LogP contribution is -1.98. The molecule has 0 unspecified atom stereocenters. The Hall–Kier alpha value is -5.54. The number of rotatable bonds is 11. The van der Waals surface area contributed by atoms with Gasteiger partial charge in [-0.15, -0.1) is 6.42 Å². The van der Waals surface area contributed by atoms with Crippen molar-refractivity contribution in [3.8, 4) is 81.8 Å². The molecule has 0 aromatic heterocycles. The first-order valence-electron chi connectivity index (χ1n) is 16.0. The monoisotopic (exact) mass is 598 g/mol. The van der Waals surface area contributed by atoms with Crippen LogP contribution in [0.1, 0.15) is 56.6 Å². The van der Waals surface area contributed by atoms with E-state index in [4.69, 9.17) is 15.9 Å². The molecule has 0 fully saturated rings. The number of benzene rings is 5. The largest absolute Gasteiger partial charge is 0.494 e. The summed E-state index contributed by atoms with van der Waals surface area (Å²) in [4.78, 5) is 0. The fourth-order valence-electron chi connectivity index (χ4n) is 5.71. The third-order valence-electron chi connectivity index (χ3n) is 8.05. The van der Waals surface area contributed by atoms with Crippen molar-refractivity contribution in [1.82, 2.24) is 0 Å². The summed E-state index contributed by atoms with van der Waals surface area (Å²) in [5.41, 5.74) is 7.04. The lowest BCUT2D eigenvalue weighted by atomic mass is 9.85. The number of terminal acetylenes is 1. The molecule has 0 amide bonds. The van der Waals surface area contributed by atoms with Gasteiger partial charge in [-0.05, 0) is 112 Å². The first-order valence-corrected chi connectivity index (χ1v) is 16.0. The first kappa shape index (κ1) is 31.9. The van der Waals surface area contributed by atoms with E-state index in [-0.39, 0.29) is 0 Å². The molecule has 0 spiro atoms. The lowest BCUT2D eigenvalue weighted by Gasteiger charge is -2.19. The summed E-state index contributed by atoms with van der Waals surface area (Å²) in [6.07, 6.45) is 15.2. The van der Waals surface area contributed by atoms with Gasteiger partial charge in [-0.25, -0.2) is 0 Å². The van der Waals surface area contributed by atoms with Gasteiger partial charge in [0.1, 0.15) is 17.6 Å². The van der Waals surface area contributed by atoms with Gasteiger partial charge >= 0.3 is 0 Å². The van der Waals surface area contributed by atoms with Gasteiger partial charge in [0.25, 0.3) is 0 Å². The summed E-state index contributed by atoms with van der Waals surface area (Å²) in [5, 5.41) is 4.52. The summed E-state index contributed by atoms with van der Waals surface area (Å²) in [6, 6.07) is 30.2. The second-order valence-corrected chi connectivity index (χ2v) is 11.5. The minimum atomic E-state index is 0.637. The summed E-state index contributed by atoms with van der Waals surface area (Å²) in [5.74, 6) is 16.7. The quantitative estimate of drug-likeness (QED) is 0.0855. The van der Waals surface area contributed by atoms with Crippen LogP contribution >= 0.6 is 0 Å². The second kappa shape index (κ2) is 16.0. The smallest absolute Gasteiger partial charge is 0.140 e. The van der Waals surface area contributed by atoms with Gasteiger partial charge in [-0.2, -0.15) is 0 Å². The van der Waals surface area contributed by atoms with E-state index in [1.165, 1.54) is 48.8 Å². The molecule has 0 bridgehead atoms. The van der Waals surface area contributed by atoms with E-state index in [0.29, 0.717) is 5.75 Å². The SMILES string of the molecule is C#CC#CC#CC#COc1ccc2c(-c3ccc(C)cc3)c3cc(OCCCCCCCC)ccc3c(-c3ccc(C)cc3)c2c1. The van der Waals surface area contributed by atoms with Gasteiger partial charge in [0.2, 0.25) is 0 Å². The van der Waals surface area contributed by atoms with Crippen LogP contribution in [0.4, 0.5) is 0 Å². The third kappa shape index (κ3) is 7.94. The van der Waals surface area contributed by atoms with E-state index < -0.39 is 0 Å². The van der Waals surface area contributed by atoms with E-state index in [0.717, 1.165) is 57.0 Å². The number of aryl methyl sites for hydroxylation is 2. The van der Waals surface area contributed by atoms with Gasteiger partial charge < -0.3 is 9.47 Å². The number of ether oxygens (including phenoxy) is 2. The van der Waals surface area contributed by atoms with Crippen molar-refractivity contribution in [3.63, 3.8) is 0 Å². The molecular weight excluding hydrogens is 560 g/mol. The highest BCUT2D eigenvalue weighted by atomic mass is 16.5. The van der Waals surface area contributed by atoms with Crippen LogP contribution in [0.15, 0.2) is 84.9 Å². The van der Waals surface area contributed by atoms with E-state index in [1.54, 1.807) is 0 Å². The Balaban J connectivity index is 1.64. The fourth-order valence-corrected chi connectivity index (χ4v) is 5.71. The molecule has 2 nitrogen and oxygen atoms in total. The summed E-state index contributed by atoms with van der Waals surface area (Å²) < 4.78 is 12.2. The molecular formula is C44H38O2. The standard InChI is InChI=1S/C44H38O2/c1-5-7-9-11-13-15-29-45-37-25-27-39-41(31-37)43(35-21-17-33(3)18-22-35)40-28-26-38(46-30-16-14-12-10-8-6-2)32-42(40)44(39)36-23-19-34(4)20-24-36/h1,17-28,31-32H,6,8,10,12,14,16,30H2,2-4H3. The second-order valence-electron chi connectivity index (χ2n) is 11.5. The number of hydrogen-bond acceptors (Lipinski definition) is 2. The summed E-state index contributed by atoms with van der Waals surface area (Å²) in [6.45, 7) is 7.20. The van der Waals surface area contributed by atoms with Crippen LogP contribution in [0.25, 0.3) is 43.8 Å². The Morgan fingerprint density at radius 1 is 0.543 bits per heavy atom. The van der Waals surface area contributed by atoms with Gasteiger partial charge in [0.05, 0.1) is 6.61 Å². The Labute approximate surface area is 274 Å². The number of unbranched alkanes of at least 4 members (excludes halogenated alkanes) is 5. The topological polar surface area (TPSA) is 18.5 Å². The minimum absolute atomic E-state index is 0.637. The maximum absolute atomic E-state index is 6.34. The van der Waals surface area contributed by atoms with E-state index >= 15 is 0 Å². The molecule has 46 heavy (non-hydrogen) atoms. The highest BCUT2D eigenvalue weighted by Gasteiger charge is 2.18.